The van der Waals surface area contributed by atoms with Gasteiger partial charge in [0.2, 0.25) is 6.41 Å². The molecule has 1 rings (SSSR count). The van der Waals surface area contributed by atoms with Crippen LogP contribution in [0.3, 0.4) is 0 Å². The van der Waals surface area contributed by atoms with Gasteiger partial charge in [-0.1, -0.05) is 11.6 Å². The number of nitrogens with zero attached hydrogens (tertiary/aromatic N) is 1. The van der Waals surface area contributed by atoms with Crippen LogP contribution >= 0.6 is 11.6 Å². The molecule has 80 valence electrons. The standard InChI is InChI=1S/C9H8ClNO4/c10-7-3-6(1-2-8(7)13)11(5-12)4-9(14)15/h1-3,5,13H,4H2,(H,14,15). The first kappa shape index (κ1) is 11.3. The van der Waals surface area contributed by atoms with Crippen LogP contribution in [0.25, 0.3) is 0 Å². The van der Waals surface area contributed by atoms with E-state index in [0.29, 0.717) is 12.1 Å². The van der Waals surface area contributed by atoms with Gasteiger partial charge in [-0.3, -0.25) is 9.59 Å². The number of halogens is 1. The Balaban J connectivity index is 2.97. The molecule has 0 aliphatic rings. The Hall–Kier alpha value is -1.75. The Kier molecular flexibility index (Phi) is 3.51. The molecule has 6 heteroatoms. The highest BCUT2D eigenvalue weighted by Gasteiger charge is 2.10. The molecule has 0 radical (unpaired) electrons. The second-order valence-corrected chi connectivity index (χ2v) is 3.17. The predicted molar refractivity (Wildman–Crippen MR) is 54.2 cm³/mol. The number of rotatable bonds is 4. The van der Waals surface area contributed by atoms with Crippen molar-refractivity contribution in [1.82, 2.24) is 0 Å². The zero-order valence-electron chi connectivity index (χ0n) is 7.55. The van der Waals surface area contributed by atoms with E-state index in [4.69, 9.17) is 21.8 Å². The zero-order chi connectivity index (χ0) is 11.4. The number of phenolic OH excluding ortho intramolecular Hbond substituents is 1. The molecule has 5 nitrogen and oxygen atoms in total. The fourth-order valence-corrected chi connectivity index (χ4v) is 1.18. The van der Waals surface area contributed by atoms with Crippen molar-refractivity contribution >= 4 is 29.7 Å². The number of hydrogen-bond acceptors (Lipinski definition) is 3. The van der Waals surface area contributed by atoms with E-state index < -0.39 is 12.5 Å². The summed E-state index contributed by atoms with van der Waals surface area (Å²) in [4.78, 5) is 22.0. The maximum absolute atomic E-state index is 10.6. The molecule has 0 unspecified atom stereocenters. The molecule has 0 bridgehead atoms. The van der Waals surface area contributed by atoms with E-state index in [0.717, 1.165) is 4.90 Å². The molecule has 15 heavy (non-hydrogen) atoms. The summed E-state index contributed by atoms with van der Waals surface area (Å²) in [5.74, 6) is -1.26. The molecular weight excluding hydrogens is 222 g/mol. The van der Waals surface area contributed by atoms with Crippen molar-refractivity contribution in [3.63, 3.8) is 0 Å². The van der Waals surface area contributed by atoms with Crippen LogP contribution in [0.2, 0.25) is 5.02 Å². The van der Waals surface area contributed by atoms with Crippen LogP contribution in [0.15, 0.2) is 18.2 Å². The Morgan fingerprint density at radius 1 is 1.53 bits per heavy atom. The molecular formula is C9H8ClNO4. The Morgan fingerprint density at radius 2 is 2.20 bits per heavy atom. The topological polar surface area (TPSA) is 77.8 Å². The fourth-order valence-electron chi connectivity index (χ4n) is 1.01. The first-order valence-corrected chi connectivity index (χ1v) is 4.34. The number of carbonyl (C=O) groups is 2. The molecule has 0 saturated carbocycles. The lowest BCUT2D eigenvalue weighted by atomic mass is 10.3. The summed E-state index contributed by atoms with van der Waals surface area (Å²) in [7, 11) is 0. The Bertz CT molecular complexity index is 394. The number of carbonyl (C=O) groups excluding carboxylic acids is 1. The minimum Gasteiger partial charge on any atom is -0.506 e. The number of benzene rings is 1. The molecule has 0 aliphatic carbocycles. The third-order valence-electron chi connectivity index (χ3n) is 1.70. The number of anilines is 1. The monoisotopic (exact) mass is 229 g/mol. The molecule has 1 amide bonds. The highest BCUT2D eigenvalue weighted by Crippen LogP contribution is 2.27. The van der Waals surface area contributed by atoms with Gasteiger partial charge in [-0.2, -0.15) is 0 Å². The first-order valence-electron chi connectivity index (χ1n) is 3.97. The molecule has 0 atom stereocenters. The average Bonchev–Trinajstić information content (AvgIpc) is 2.18. The van der Waals surface area contributed by atoms with Crippen molar-refractivity contribution < 1.29 is 19.8 Å². The number of amides is 1. The summed E-state index contributed by atoms with van der Waals surface area (Å²) in [5.41, 5.74) is 0.315. The van der Waals surface area contributed by atoms with Gasteiger partial charge in [0.1, 0.15) is 12.3 Å². The van der Waals surface area contributed by atoms with E-state index in [1.54, 1.807) is 0 Å². The van der Waals surface area contributed by atoms with Gasteiger partial charge >= 0.3 is 5.97 Å². The third kappa shape index (κ3) is 2.85. The lowest BCUT2D eigenvalue weighted by Gasteiger charge is -2.15. The Morgan fingerprint density at radius 3 is 2.67 bits per heavy atom. The number of aliphatic carboxylic acids is 1. The molecule has 1 aromatic rings. The van der Waals surface area contributed by atoms with Gasteiger partial charge in [-0.05, 0) is 18.2 Å². The molecule has 0 aromatic heterocycles. The summed E-state index contributed by atoms with van der Waals surface area (Å²) in [6.07, 6.45) is 0.386. The number of aromatic hydroxyl groups is 1. The molecule has 0 heterocycles. The highest BCUT2D eigenvalue weighted by atomic mass is 35.5. The normalized spacial score (nSPS) is 9.67. The van der Waals surface area contributed by atoms with Gasteiger partial charge in [-0.25, -0.2) is 0 Å². The third-order valence-corrected chi connectivity index (χ3v) is 2.00. The molecule has 0 aliphatic heterocycles. The minimum absolute atomic E-state index is 0.0599. The molecule has 0 saturated heterocycles. The fraction of sp³-hybridized carbons (Fsp3) is 0.111. The van der Waals surface area contributed by atoms with Crippen molar-refractivity contribution in [1.29, 1.82) is 0 Å². The van der Waals surface area contributed by atoms with Crippen molar-refractivity contribution in [2.45, 2.75) is 0 Å². The van der Waals surface area contributed by atoms with Crippen molar-refractivity contribution in [2.75, 3.05) is 11.4 Å². The van der Waals surface area contributed by atoms with E-state index in [-0.39, 0.29) is 10.8 Å². The molecule has 2 N–H and O–H groups in total. The number of phenols is 1. The maximum Gasteiger partial charge on any atom is 0.323 e. The maximum atomic E-state index is 10.6. The quantitative estimate of drug-likeness (QED) is 0.758. The lowest BCUT2D eigenvalue weighted by molar-refractivity contribution is -0.136. The highest BCUT2D eigenvalue weighted by molar-refractivity contribution is 6.32. The summed E-state index contributed by atoms with van der Waals surface area (Å²) in [5, 5.41) is 17.7. The number of carboxylic acid groups (broad SMARTS) is 1. The van der Waals surface area contributed by atoms with Crippen LogP contribution in [-0.4, -0.2) is 29.1 Å². The van der Waals surface area contributed by atoms with E-state index in [1.807, 2.05) is 0 Å². The van der Waals surface area contributed by atoms with Gasteiger partial charge in [0, 0.05) is 5.69 Å². The van der Waals surface area contributed by atoms with Gasteiger partial charge in [0.15, 0.2) is 0 Å². The van der Waals surface area contributed by atoms with Crippen LogP contribution in [0.4, 0.5) is 5.69 Å². The van der Waals surface area contributed by atoms with Crippen LogP contribution in [0.1, 0.15) is 0 Å². The van der Waals surface area contributed by atoms with Gasteiger partial charge in [0.25, 0.3) is 0 Å². The summed E-state index contributed by atoms with van der Waals surface area (Å²) in [6, 6.07) is 4.00. The Labute approximate surface area is 90.5 Å². The van der Waals surface area contributed by atoms with Crippen LogP contribution in [0, 0.1) is 0 Å². The summed E-state index contributed by atoms with van der Waals surface area (Å²) >= 11 is 5.61. The average molecular weight is 230 g/mol. The minimum atomic E-state index is -1.13. The van der Waals surface area contributed by atoms with E-state index in [1.165, 1.54) is 18.2 Å². The van der Waals surface area contributed by atoms with Crippen molar-refractivity contribution in [2.24, 2.45) is 0 Å². The van der Waals surface area contributed by atoms with Crippen LogP contribution in [0.5, 0.6) is 5.75 Å². The van der Waals surface area contributed by atoms with Crippen LogP contribution < -0.4 is 4.90 Å². The van der Waals surface area contributed by atoms with Gasteiger partial charge < -0.3 is 15.1 Å². The molecule has 0 spiro atoms. The number of carboxylic acids is 1. The summed E-state index contributed by atoms with van der Waals surface area (Å²) in [6.45, 7) is -0.454. The van der Waals surface area contributed by atoms with Crippen molar-refractivity contribution in [3.8, 4) is 5.75 Å². The van der Waals surface area contributed by atoms with Gasteiger partial charge in [-0.15, -0.1) is 0 Å². The largest absolute Gasteiger partial charge is 0.506 e. The van der Waals surface area contributed by atoms with E-state index in [9.17, 15) is 9.59 Å². The SMILES string of the molecule is O=CN(CC(=O)O)c1ccc(O)c(Cl)c1. The first-order chi connectivity index (χ1) is 7.04. The van der Waals surface area contributed by atoms with E-state index in [2.05, 4.69) is 0 Å². The van der Waals surface area contributed by atoms with Crippen LogP contribution in [-0.2, 0) is 9.59 Å². The van der Waals surface area contributed by atoms with Crippen molar-refractivity contribution in [3.05, 3.63) is 23.2 Å². The number of hydrogen-bond donors (Lipinski definition) is 2. The molecule has 1 aromatic carbocycles. The molecule has 0 fully saturated rings. The zero-order valence-corrected chi connectivity index (χ0v) is 8.31. The smallest absolute Gasteiger partial charge is 0.323 e. The lowest BCUT2D eigenvalue weighted by Crippen LogP contribution is -2.27. The van der Waals surface area contributed by atoms with E-state index >= 15 is 0 Å². The second kappa shape index (κ2) is 4.65. The summed E-state index contributed by atoms with van der Waals surface area (Å²) < 4.78 is 0. The van der Waals surface area contributed by atoms with Gasteiger partial charge in [0.05, 0.1) is 5.02 Å². The predicted octanol–water partition coefficient (Wildman–Crippen LogP) is 1.09. The second-order valence-electron chi connectivity index (χ2n) is 2.76.